The van der Waals surface area contributed by atoms with Crippen LogP contribution in [0.15, 0.2) is 78.4 Å². The molecule has 1 atom stereocenters. The summed E-state index contributed by atoms with van der Waals surface area (Å²) in [5.74, 6) is 0.577. The van der Waals surface area contributed by atoms with E-state index in [0.717, 1.165) is 11.1 Å². The maximum atomic E-state index is 12.6. The van der Waals surface area contributed by atoms with Crippen LogP contribution in [0.3, 0.4) is 0 Å². The number of ether oxygens (including phenoxy) is 2. The molecule has 0 aliphatic carbocycles. The third-order valence-electron chi connectivity index (χ3n) is 4.85. The molecule has 3 aromatic carbocycles. The zero-order chi connectivity index (χ0) is 22.9. The Morgan fingerprint density at radius 2 is 1.81 bits per heavy atom. The molecule has 3 rings (SSSR count). The normalized spacial score (nSPS) is 11.9. The molecule has 0 unspecified atom stereocenters. The zero-order valence-electron chi connectivity index (χ0n) is 17.8. The number of amides is 1. The summed E-state index contributed by atoms with van der Waals surface area (Å²) in [5, 5.41) is 13.0. The Bertz CT molecular complexity index is 1150. The summed E-state index contributed by atoms with van der Waals surface area (Å²) < 4.78 is 11.3. The van der Waals surface area contributed by atoms with Crippen LogP contribution in [0, 0.1) is 11.3 Å². The average Bonchev–Trinajstić information content (AvgIpc) is 2.82. The van der Waals surface area contributed by atoms with Crippen LogP contribution in [-0.2, 0) is 11.4 Å². The molecule has 32 heavy (non-hydrogen) atoms. The molecule has 0 bridgehead atoms. The SMILES string of the molecule is COc1cc(/C=C(/C#N)C(=O)N[C@H](C)c2ccccc2)ccc1OCc1ccccc1Cl. The minimum Gasteiger partial charge on any atom is -0.493 e. The number of carbonyl (C=O) groups is 1. The Labute approximate surface area is 192 Å². The second kappa shape index (κ2) is 11.0. The molecule has 0 heterocycles. The second-order valence-corrected chi connectivity index (χ2v) is 7.47. The standard InChI is InChI=1S/C26H23ClN2O3/c1-18(20-8-4-3-5-9-20)29-26(30)22(16-28)14-19-12-13-24(25(15-19)31-2)32-17-21-10-6-7-11-23(21)27/h3-15,18H,17H2,1-2H3,(H,29,30)/b22-14-/t18-/m1/s1. The van der Waals surface area contributed by atoms with Crippen molar-refractivity contribution >= 4 is 23.6 Å². The zero-order valence-corrected chi connectivity index (χ0v) is 18.6. The second-order valence-electron chi connectivity index (χ2n) is 7.07. The number of benzene rings is 3. The summed E-state index contributed by atoms with van der Waals surface area (Å²) in [5.41, 5.74) is 2.46. The molecule has 1 N–H and O–H groups in total. The Morgan fingerprint density at radius 3 is 2.50 bits per heavy atom. The Hall–Kier alpha value is -3.75. The van der Waals surface area contributed by atoms with Crippen LogP contribution in [0.2, 0.25) is 5.02 Å². The summed E-state index contributed by atoms with van der Waals surface area (Å²) in [6.07, 6.45) is 1.52. The first-order valence-corrected chi connectivity index (χ1v) is 10.4. The highest BCUT2D eigenvalue weighted by molar-refractivity contribution is 6.31. The minimum atomic E-state index is -0.443. The van der Waals surface area contributed by atoms with Crippen molar-refractivity contribution in [1.29, 1.82) is 5.26 Å². The summed E-state index contributed by atoms with van der Waals surface area (Å²) in [6.45, 7) is 2.16. The fourth-order valence-corrected chi connectivity index (χ4v) is 3.27. The fraction of sp³-hybridized carbons (Fsp3) is 0.154. The number of nitrogens with zero attached hydrogens (tertiary/aromatic N) is 1. The lowest BCUT2D eigenvalue weighted by Crippen LogP contribution is -2.27. The predicted octanol–water partition coefficient (Wildman–Crippen LogP) is 5.71. The van der Waals surface area contributed by atoms with E-state index in [9.17, 15) is 10.1 Å². The van der Waals surface area contributed by atoms with E-state index in [1.54, 1.807) is 24.3 Å². The molecule has 0 aliphatic rings. The highest BCUT2D eigenvalue weighted by Crippen LogP contribution is 2.30. The third-order valence-corrected chi connectivity index (χ3v) is 5.22. The van der Waals surface area contributed by atoms with Gasteiger partial charge in [-0.3, -0.25) is 4.79 Å². The van der Waals surface area contributed by atoms with Crippen LogP contribution in [0.5, 0.6) is 11.5 Å². The lowest BCUT2D eigenvalue weighted by molar-refractivity contribution is -0.117. The van der Waals surface area contributed by atoms with Crippen molar-refractivity contribution in [2.45, 2.75) is 19.6 Å². The molecule has 1 amide bonds. The predicted molar refractivity (Wildman–Crippen MR) is 125 cm³/mol. The highest BCUT2D eigenvalue weighted by atomic mass is 35.5. The van der Waals surface area contributed by atoms with Crippen LogP contribution in [0.1, 0.15) is 29.7 Å². The number of hydrogen-bond donors (Lipinski definition) is 1. The van der Waals surface area contributed by atoms with Gasteiger partial charge >= 0.3 is 0 Å². The van der Waals surface area contributed by atoms with Gasteiger partial charge in [-0.15, -0.1) is 0 Å². The number of carbonyl (C=O) groups excluding carboxylic acids is 1. The van der Waals surface area contributed by atoms with Gasteiger partial charge in [0.25, 0.3) is 5.91 Å². The van der Waals surface area contributed by atoms with Gasteiger partial charge in [0, 0.05) is 10.6 Å². The van der Waals surface area contributed by atoms with Crippen LogP contribution < -0.4 is 14.8 Å². The number of methoxy groups -OCH3 is 1. The summed E-state index contributed by atoms with van der Waals surface area (Å²) in [4.78, 5) is 12.6. The van der Waals surface area contributed by atoms with E-state index < -0.39 is 5.91 Å². The van der Waals surface area contributed by atoms with Gasteiger partial charge in [0.1, 0.15) is 18.2 Å². The van der Waals surface area contributed by atoms with E-state index in [1.165, 1.54) is 13.2 Å². The van der Waals surface area contributed by atoms with Gasteiger partial charge < -0.3 is 14.8 Å². The van der Waals surface area contributed by atoms with E-state index in [-0.39, 0.29) is 18.2 Å². The number of rotatable bonds is 8. The number of nitrogens with one attached hydrogen (secondary N) is 1. The lowest BCUT2D eigenvalue weighted by Gasteiger charge is -2.14. The van der Waals surface area contributed by atoms with Gasteiger partial charge in [-0.2, -0.15) is 5.26 Å². The molecule has 0 fully saturated rings. The first-order valence-electron chi connectivity index (χ1n) is 10.0. The smallest absolute Gasteiger partial charge is 0.262 e. The summed E-state index contributed by atoms with van der Waals surface area (Å²) in [7, 11) is 1.53. The van der Waals surface area contributed by atoms with E-state index in [0.29, 0.717) is 22.1 Å². The van der Waals surface area contributed by atoms with Crippen LogP contribution in [0.25, 0.3) is 6.08 Å². The van der Waals surface area contributed by atoms with Crippen molar-refractivity contribution in [1.82, 2.24) is 5.32 Å². The summed E-state index contributed by atoms with van der Waals surface area (Å²) in [6, 6.07) is 24.0. The van der Waals surface area contributed by atoms with Crippen LogP contribution >= 0.6 is 11.6 Å². The van der Waals surface area contributed by atoms with Gasteiger partial charge in [-0.1, -0.05) is 66.2 Å². The van der Waals surface area contributed by atoms with Gasteiger partial charge in [0.15, 0.2) is 11.5 Å². The van der Waals surface area contributed by atoms with E-state index in [1.807, 2.05) is 61.5 Å². The molecule has 0 aliphatic heterocycles. The number of hydrogen-bond acceptors (Lipinski definition) is 4. The largest absolute Gasteiger partial charge is 0.493 e. The lowest BCUT2D eigenvalue weighted by atomic mass is 10.1. The van der Waals surface area contributed by atoms with Crippen LogP contribution in [0.4, 0.5) is 0 Å². The molecular weight excluding hydrogens is 424 g/mol. The molecule has 0 saturated heterocycles. The molecule has 0 spiro atoms. The van der Waals surface area contributed by atoms with E-state index in [2.05, 4.69) is 5.32 Å². The van der Waals surface area contributed by atoms with Crippen molar-refractivity contribution in [3.8, 4) is 17.6 Å². The first-order chi connectivity index (χ1) is 15.5. The molecule has 5 nitrogen and oxygen atoms in total. The van der Waals surface area contributed by atoms with Crippen molar-refractivity contribution in [2.75, 3.05) is 7.11 Å². The van der Waals surface area contributed by atoms with Crippen molar-refractivity contribution < 1.29 is 14.3 Å². The molecule has 0 saturated carbocycles. The van der Waals surface area contributed by atoms with Gasteiger partial charge in [0.2, 0.25) is 0 Å². The monoisotopic (exact) mass is 446 g/mol. The van der Waals surface area contributed by atoms with E-state index in [4.69, 9.17) is 21.1 Å². The van der Waals surface area contributed by atoms with Crippen LogP contribution in [-0.4, -0.2) is 13.0 Å². The fourth-order valence-electron chi connectivity index (χ4n) is 3.08. The molecule has 0 aromatic heterocycles. The average molecular weight is 447 g/mol. The molecule has 162 valence electrons. The number of nitriles is 1. The van der Waals surface area contributed by atoms with Gasteiger partial charge in [-0.25, -0.2) is 0 Å². The molecule has 0 radical (unpaired) electrons. The highest BCUT2D eigenvalue weighted by Gasteiger charge is 2.14. The van der Waals surface area contributed by atoms with Crippen molar-refractivity contribution in [3.63, 3.8) is 0 Å². The number of halogens is 1. The van der Waals surface area contributed by atoms with E-state index >= 15 is 0 Å². The Balaban J connectivity index is 1.73. The first kappa shape index (κ1) is 22.9. The van der Waals surface area contributed by atoms with Gasteiger partial charge in [-0.05, 0) is 42.3 Å². The van der Waals surface area contributed by atoms with Gasteiger partial charge in [0.05, 0.1) is 13.2 Å². The third kappa shape index (κ3) is 5.90. The van der Waals surface area contributed by atoms with Crippen molar-refractivity contribution in [3.05, 3.63) is 100 Å². The topological polar surface area (TPSA) is 71.3 Å². The maximum Gasteiger partial charge on any atom is 0.262 e. The maximum absolute atomic E-state index is 12.6. The molecule has 6 heteroatoms. The molecule has 3 aromatic rings. The van der Waals surface area contributed by atoms with Crippen molar-refractivity contribution in [2.24, 2.45) is 0 Å². The molecular formula is C26H23ClN2O3. The minimum absolute atomic E-state index is 0.000398. The quantitative estimate of drug-likeness (QED) is 0.355. The Morgan fingerprint density at radius 1 is 1.09 bits per heavy atom. The summed E-state index contributed by atoms with van der Waals surface area (Å²) >= 11 is 6.18. The Kier molecular flexibility index (Phi) is 7.91.